The molecule has 0 saturated heterocycles. The van der Waals surface area contributed by atoms with Crippen LogP contribution < -0.4 is 0 Å². The van der Waals surface area contributed by atoms with Crippen molar-refractivity contribution in [1.82, 2.24) is 0 Å². The Morgan fingerprint density at radius 2 is 1.60 bits per heavy atom. The van der Waals surface area contributed by atoms with Crippen molar-refractivity contribution >= 4 is 16.1 Å². The van der Waals surface area contributed by atoms with Gasteiger partial charge in [-0.2, -0.15) is 8.42 Å². The lowest BCUT2D eigenvalue weighted by atomic mass is 9.49. The predicted molar refractivity (Wildman–Crippen MR) is 72.6 cm³/mol. The molecule has 4 bridgehead atoms. The van der Waals surface area contributed by atoms with Gasteiger partial charge in [-0.1, -0.05) is 0 Å². The molecule has 0 atom stereocenters. The molecule has 0 aromatic rings. The number of hydrogen-bond donors (Lipinski definition) is 1. The number of carbonyl (C=O) groups excluding carboxylic acids is 1. The Kier molecular flexibility index (Phi) is 3.57. The maximum atomic E-state index is 12.4. The highest BCUT2D eigenvalue weighted by Gasteiger charge is 2.55. The molecule has 4 rings (SSSR count). The summed E-state index contributed by atoms with van der Waals surface area (Å²) in [7, 11) is -3.96. The summed E-state index contributed by atoms with van der Waals surface area (Å²) in [5.74, 6) is 1.58. The van der Waals surface area contributed by atoms with Crippen LogP contribution in [-0.2, 0) is 19.6 Å². The van der Waals surface area contributed by atoms with E-state index >= 15 is 0 Å². The first-order valence-corrected chi connectivity index (χ1v) is 9.10. The zero-order valence-corrected chi connectivity index (χ0v) is 12.4. The van der Waals surface area contributed by atoms with Crippen LogP contribution in [0.15, 0.2) is 0 Å². The third-order valence-electron chi connectivity index (χ3n) is 5.25. The summed E-state index contributed by atoms with van der Waals surface area (Å²) in [5, 5.41) is 0. The molecule has 0 heterocycles. The van der Waals surface area contributed by atoms with E-state index in [1.807, 2.05) is 0 Å². The molecular formula is C14H22O5S. The monoisotopic (exact) mass is 302 g/mol. The van der Waals surface area contributed by atoms with Crippen LogP contribution in [0.3, 0.4) is 0 Å². The zero-order valence-electron chi connectivity index (χ0n) is 11.6. The van der Waals surface area contributed by atoms with Gasteiger partial charge in [-0.3, -0.25) is 9.35 Å². The normalized spacial score (nSPS) is 39.0. The summed E-state index contributed by atoms with van der Waals surface area (Å²) >= 11 is 0. The van der Waals surface area contributed by atoms with Crippen LogP contribution in [0, 0.1) is 23.2 Å². The zero-order chi connectivity index (χ0) is 14.4. The number of esters is 1. The Balaban J connectivity index is 1.55. The van der Waals surface area contributed by atoms with Crippen LogP contribution in [-0.4, -0.2) is 31.3 Å². The molecule has 0 aromatic heterocycles. The SMILES string of the molecule is O=C(OCCCS(=O)(=O)O)C12CC3CC(CC(C3)C1)C2. The van der Waals surface area contributed by atoms with Crippen molar-refractivity contribution in [3.8, 4) is 0 Å². The first-order valence-electron chi connectivity index (χ1n) is 7.49. The molecule has 5 nitrogen and oxygen atoms in total. The lowest BCUT2D eigenvalue weighted by molar-refractivity contribution is -0.171. The van der Waals surface area contributed by atoms with E-state index in [2.05, 4.69) is 0 Å². The van der Waals surface area contributed by atoms with Gasteiger partial charge in [0, 0.05) is 0 Å². The lowest BCUT2D eigenvalue weighted by Gasteiger charge is -2.55. The van der Waals surface area contributed by atoms with Crippen LogP contribution in [0.1, 0.15) is 44.9 Å². The largest absolute Gasteiger partial charge is 0.465 e. The van der Waals surface area contributed by atoms with Crippen LogP contribution in [0.2, 0.25) is 0 Å². The van der Waals surface area contributed by atoms with Crippen LogP contribution in [0.5, 0.6) is 0 Å². The second kappa shape index (κ2) is 4.98. The number of carbonyl (C=O) groups is 1. The van der Waals surface area contributed by atoms with E-state index in [-0.39, 0.29) is 30.2 Å². The molecule has 4 saturated carbocycles. The number of ether oxygens (including phenoxy) is 1. The topological polar surface area (TPSA) is 80.7 Å². The average Bonchev–Trinajstić information content (AvgIpc) is 2.31. The van der Waals surface area contributed by atoms with Gasteiger partial charge in [0.05, 0.1) is 17.8 Å². The Morgan fingerprint density at radius 1 is 1.10 bits per heavy atom. The summed E-state index contributed by atoms with van der Waals surface area (Å²) in [5.41, 5.74) is -0.285. The highest BCUT2D eigenvalue weighted by molar-refractivity contribution is 7.85. The molecule has 4 aliphatic rings. The van der Waals surface area contributed by atoms with E-state index in [1.54, 1.807) is 0 Å². The van der Waals surface area contributed by atoms with Gasteiger partial charge >= 0.3 is 5.97 Å². The molecular weight excluding hydrogens is 280 g/mol. The molecule has 0 unspecified atom stereocenters. The van der Waals surface area contributed by atoms with Crippen molar-refractivity contribution in [3.63, 3.8) is 0 Å². The van der Waals surface area contributed by atoms with Crippen LogP contribution in [0.25, 0.3) is 0 Å². The van der Waals surface area contributed by atoms with Gasteiger partial charge in [0.2, 0.25) is 0 Å². The molecule has 0 amide bonds. The van der Waals surface area contributed by atoms with E-state index in [4.69, 9.17) is 9.29 Å². The molecule has 0 spiro atoms. The van der Waals surface area contributed by atoms with Gasteiger partial charge in [-0.05, 0) is 62.7 Å². The minimum atomic E-state index is -3.96. The first-order chi connectivity index (χ1) is 9.36. The molecule has 4 fully saturated rings. The van der Waals surface area contributed by atoms with E-state index in [9.17, 15) is 13.2 Å². The summed E-state index contributed by atoms with van der Waals surface area (Å²) in [6, 6.07) is 0. The Labute approximate surface area is 119 Å². The van der Waals surface area contributed by atoms with Gasteiger partial charge in [0.1, 0.15) is 0 Å². The highest BCUT2D eigenvalue weighted by atomic mass is 32.2. The van der Waals surface area contributed by atoms with E-state index in [0.717, 1.165) is 19.3 Å². The smallest absolute Gasteiger partial charge is 0.312 e. The minimum absolute atomic E-state index is 0.0837. The molecule has 20 heavy (non-hydrogen) atoms. The highest BCUT2D eigenvalue weighted by Crippen LogP contribution is 2.60. The fourth-order valence-corrected chi connectivity index (χ4v) is 5.40. The summed E-state index contributed by atoms with van der Waals surface area (Å²) < 4.78 is 35.2. The lowest BCUT2D eigenvalue weighted by Crippen LogP contribution is -2.50. The fraction of sp³-hybridized carbons (Fsp3) is 0.929. The van der Waals surface area contributed by atoms with Gasteiger partial charge in [-0.25, -0.2) is 0 Å². The maximum absolute atomic E-state index is 12.4. The van der Waals surface area contributed by atoms with Crippen LogP contribution in [0.4, 0.5) is 0 Å². The first kappa shape index (κ1) is 14.3. The molecule has 4 aliphatic carbocycles. The van der Waals surface area contributed by atoms with Gasteiger partial charge in [0.25, 0.3) is 10.1 Å². The summed E-state index contributed by atoms with van der Waals surface area (Å²) in [4.78, 5) is 12.4. The van der Waals surface area contributed by atoms with Crippen molar-refractivity contribution in [1.29, 1.82) is 0 Å². The van der Waals surface area contributed by atoms with Gasteiger partial charge in [-0.15, -0.1) is 0 Å². The molecule has 0 aromatic carbocycles. The molecule has 6 heteroatoms. The fourth-order valence-electron chi connectivity index (χ4n) is 4.92. The van der Waals surface area contributed by atoms with Crippen molar-refractivity contribution in [3.05, 3.63) is 0 Å². The maximum Gasteiger partial charge on any atom is 0.312 e. The van der Waals surface area contributed by atoms with Crippen molar-refractivity contribution in [2.45, 2.75) is 44.9 Å². The Hall–Kier alpha value is -0.620. The number of hydrogen-bond acceptors (Lipinski definition) is 4. The van der Waals surface area contributed by atoms with Crippen LogP contribution >= 0.6 is 0 Å². The van der Waals surface area contributed by atoms with Gasteiger partial charge in [0.15, 0.2) is 0 Å². The van der Waals surface area contributed by atoms with E-state index in [0.29, 0.717) is 17.8 Å². The second-order valence-electron chi connectivity index (χ2n) is 6.97. The predicted octanol–water partition coefficient (Wildman–Crippen LogP) is 2.02. The Morgan fingerprint density at radius 3 is 2.05 bits per heavy atom. The van der Waals surface area contributed by atoms with Crippen molar-refractivity contribution in [2.24, 2.45) is 23.2 Å². The summed E-state index contributed by atoms with van der Waals surface area (Å²) in [6.07, 6.45) is 6.85. The van der Waals surface area contributed by atoms with E-state index in [1.165, 1.54) is 19.3 Å². The third kappa shape index (κ3) is 2.86. The average molecular weight is 302 g/mol. The van der Waals surface area contributed by atoms with E-state index < -0.39 is 10.1 Å². The summed E-state index contributed by atoms with van der Waals surface area (Å²) in [6.45, 7) is 0.0837. The van der Waals surface area contributed by atoms with Crippen molar-refractivity contribution in [2.75, 3.05) is 12.4 Å². The molecule has 1 N–H and O–H groups in total. The second-order valence-corrected chi connectivity index (χ2v) is 8.55. The quantitative estimate of drug-likeness (QED) is 0.477. The molecule has 114 valence electrons. The Bertz CT molecular complexity index is 460. The molecule has 0 aliphatic heterocycles. The standard InChI is InChI=1S/C14H22O5S/c15-13(19-2-1-3-20(16,17)18)14-7-10-4-11(8-14)6-12(5-10)9-14/h10-12H,1-9H2,(H,16,17,18). The number of rotatable bonds is 5. The third-order valence-corrected chi connectivity index (χ3v) is 6.06. The van der Waals surface area contributed by atoms with Crippen molar-refractivity contribution < 1.29 is 22.5 Å². The molecule has 0 radical (unpaired) electrons. The minimum Gasteiger partial charge on any atom is -0.465 e. The van der Waals surface area contributed by atoms with Gasteiger partial charge < -0.3 is 4.74 Å².